The van der Waals surface area contributed by atoms with E-state index in [0.717, 1.165) is 43.2 Å². The molecule has 0 spiro atoms. The van der Waals surface area contributed by atoms with Crippen molar-refractivity contribution in [1.82, 2.24) is 15.1 Å². The van der Waals surface area contributed by atoms with Crippen molar-refractivity contribution in [3.8, 4) is 5.75 Å². The number of aryl methyl sites for hydroxylation is 1. The van der Waals surface area contributed by atoms with Crippen LogP contribution < -0.4 is 26.0 Å². The maximum absolute atomic E-state index is 14.0. The van der Waals surface area contributed by atoms with E-state index in [2.05, 4.69) is 57.5 Å². The second-order valence-corrected chi connectivity index (χ2v) is 11.3. The zero-order chi connectivity index (χ0) is 27.5. The number of ether oxygens (including phenoxy) is 1. The van der Waals surface area contributed by atoms with Gasteiger partial charge in [-0.3, -0.25) is 9.29 Å². The van der Waals surface area contributed by atoms with Gasteiger partial charge in [-0.05, 0) is 57.4 Å². The van der Waals surface area contributed by atoms with Crippen LogP contribution in [-0.4, -0.2) is 87.6 Å². The van der Waals surface area contributed by atoms with Crippen molar-refractivity contribution in [2.24, 2.45) is 16.1 Å². The van der Waals surface area contributed by atoms with E-state index < -0.39 is 17.9 Å². The topological polar surface area (TPSA) is 81.4 Å². The lowest BCUT2D eigenvalue weighted by molar-refractivity contribution is 0.0982. The van der Waals surface area contributed by atoms with Crippen LogP contribution in [0.15, 0.2) is 53.7 Å². The SMILES string of the molecule is COc1cc(N2CCC(N3CCN(C)CC3)CC2)c(C)cc1NC1(C2(CCF)C=CC=CC2)N=C(N)C=CN1. The second kappa shape index (κ2) is 11.6. The number of allylic oxidation sites excluding steroid dienone is 3. The molecule has 0 radical (unpaired) electrons. The van der Waals surface area contributed by atoms with Crippen LogP contribution >= 0.6 is 0 Å². The molecule has 2 fully saturated rings. The van der Waals surface area contributed by atoms with Gasteiger partial charge < -0.3 is 30.9 Å². The van der Waals surface area contributed by atoms with Crippen LogP contribution in [0.4, 0.5) is 15.8 Å². The number of rotatable bonds is 8. The molecule has 3 heterocycles. The number of piperazine rings is 1. The third kappa shape index (κ3) is 5.52. The van der Waals surface area contributed by atoms with Crippen LogP contribution in [0.3, 0.4) is 0 Å². The van der Waals surface area contributed by atoms with E-state index in [-0.39, 0.29) is 0 Å². The van der Waals surface area contributed by atoms with Gasteiger partial charge in [0.25, 0.3) is 0 Å². The predicted molar refractivity (Wildman–Crippen MR) is 158 cm³/mol. The summed E-state index contributed by atoms with van der Waals surface area (Å²) in [5.41, 5.74) is 8.72. The fourth-order valence-corrected chi connectivity index (χ4v) is 6.56. The van der Waals surface area contributed by atoms with Crippen molar-refractivity contribution in [1.29, 1.82) is 0 Å². The highest BCUT2D eigenvalue weighted by atomic mass is 19.1. The highest BCUT2D eigenvalue weighted by Crippen LogP contribution is 2.46. The molecule has 1 aromatic rings. The zero-order valence-corrected chi connectivity index (χ0v) is 23.6. The molecule has 3 aliphatic heterocycles. The van der Waals surface area contributed by atoms with E-state index in [1.165, 1.54) is 31.6 Å². The summed E-state index contributed by atoms with van der Waals surface area (Å²) in [6.45, 7) is 8.38. The Kier molecular flexibility index (Phi) is 8.19. The number of nitrogens with zero attached hydrogens (tertiary/aromatic N) is 4. The highest BCUT2D eigenvalue weighted by molar-refractivity contribution is 5.92. The Balaban J connectivity index is 1.39. The average molecular weight is 538 g/mol. The molecule has 39 heavy (non-hydrogen) atoms. The Morgan fingerprint density at radius 1 is 1.15 bits per heavy atom. The van der Waals surface area contributed by atoms with Crippen molar-refractivity contribution in [3.63, 3.8) is 0 Å². The van der Waals surface area contributed by atoms with E-state index in [4.69, 9.17) is 15.5 Å². The lowest BCUT2D eigenvalue weighted by Crippen LogP contribution is -2.62. The minimum absolute atomic E-state index is 0.292. The first-order valence-corrected chi connectivity index (χ1v) is 14.2. The van der Waals surface area contributed by atoms with E-state index in [1.807, 2.05) is 18.2 Å². The smallest absolute Gasteiger partial charge is 0.216 e. The van der Waals surface area contributed by atoms with Crippen molar-refractivity contribution < 1.29 is 9.13 Å². The molecular weight excluding hydrogens is 493 g/mol. The number of piperidine rings is 1. The molecule has 0 aromatic heterocycles. The Hall–Kier alpha value is -3.04. The third-order valence-corrected chi connectivity index (χ3v) is 8.94. The zero-order valence-electron chi connectivity index (χ0n) is 23.6. The molecule has 4 N–H and O–H groups in total. The van der Waals surface area contributed by atoms with Crippen molar-refractivity contribution in [2.75, 3.05) is 70.3 Å². The van der Waals surface area contributed by atoms with Gasteiger partial charge in [-0.2, -0.15) is 0 Å². The summed E-state index contributed by atoms with van der Waals surface area (Å²) in [4.78, 5) is 12.4. The summed E-state index contributed by atoms with van der Waals surface area (Å²) < 4.78 is 19.9. The van der Waals surface area contributed by atoms with Crippen molar-refractivity contribution in [3.05, 3.63) is 54.3 Å². The molecule has 2 saturated heterocycles. The van der Waals surface area contributed by atoms with Crippen molar-refractivity contribution >= 4 is 17.2 Å². The second-order valence-electron chi connectivity index (χ2n) is 11.3. The molecule has 4 aliphatic rings. The van der Waals surface area contributed by atoms with Gasteiger partial charge in [0.1, 0.15) is 11.6 Å². The van der Waals surface area contributed by atoms with Crippen LogP contribution in [0.5, 0.6) is 5.75 Å². The van der Waals surface area contributed by atoms with Gasteiger partial charge in [0.2, 0.25) is 5.79 Å². The number of benzene rings is 1. The Morgan fingerprint density at radius 3 is 2.56 bits per heavy atom. The van der Waals surface area contributed by atoms with Crippen LogP contribution in [0.2, 0.25) is 0 Å². The lowest BCUT2D eigenvalue weighted by Gasteiger charge is -2.48. The number of halogens is 1. The van der Waals surface area contributed by atoms with E-state index in [9.17, 15) is 4.39 Å². The minimum Gasteiger partial charge on any atom is -0.495 e. The molecular formula is C30H44FN7O. The number of nitrogens with two attached hydrogens (primary N) is 1. The van der Waals surface area contributed by atoms with E-state index in [0.29, 0.717) is 24.7 Å². The number of methoxy groups -OCH3 is 1. The van der Waals surface area contributed by atoms with Gasteiger partial charge in [-0.15, -0.1) is 0 Å². The van der Waals surface area contributed by atoms with Crippen LogP contribution in [0, 0.1) is 12.3 Å². The molecule has 1 aromatic carbocycles. The molecule has 1 aliphatic carbocycles. The van der Waals surface area contributed by atoms with Crippen molar-refractivity contribution in [2.45, 2.75) is 44.4 Å². The molecule has 2 atom stereocenters. The molecule has 0 saturated carbocycles. The highest BCUT2D eigenvalue weighted by Gasteiger charge is 2.51. The number of hydrogen-bond acceptors (Lipinski definition) is 8. The molecule has 0 amide bonds. The maximum Gasteiger partial charge on any atom is 0.216 e. The summed E-state index contributed by atoms with van der Waals surface area (Å²) >= 11 is 0. The number of nitrogens with one attached hydrogen (secondary N) is 2. The maximum atomic E-state index is 14.0. The van der Waals surface area contributed by atoms with Gasteiger partial charge in [0.15, 0.2) is 0 Å². The average Bonchev–Trinajstić information content (AvgIpc) is 2.94. The summed E-state index contributed by atoms with van der Waals surface area (Å²) in [7, 11) is 3.90. The van der Waals surface area contributed by atoms with E-state index >= 15 is 0 Å². The molecule has 212 valence electrons. The van der Waals surface area contributed by atoms with Gasteiger partial charge >= 0.3 is 0 Å². The summed E-state index contributed by atoms with van der Waals surface area (Å²) in [6.07, 6.45) is 14.8. The summed E-state index contributed by atoms with van der Waals surface area (Å²) in [5.74, 6) is 0.0476. The Bertz CT molecular complexity index is 1130. The quantitative estimate of drug-likeness (QED) is 0.467. The normalized spacial score (nSPS) is 28.3. The fraction of sp³-hybridized carbons (Fsp3) is 0.567. The first-order valence-electron chi connectivity index (χ1n) is 14.2. The van der Waals surface area contributed by atoms with Gasteiger partial charge in [-0.25, -0.2) is 4.99 Å². The molecule has 9 heteroatoms. The molecule has 2 unspecified atom stereocenters. The van der Waals surface area contributed by atoms with Crippen LogP contribution in [-0.2, 0) is 0 Å². The predicted octanol–water partition coefficient (Wildman–Crippen LogP) is 3.62. The lowest BCUT2D eigenvalue weighted by atomic mass is 9.72. The summed E-state index contributed by atoms with van der Waals surface area (Å²) in [5, 5.41) is 7.04. The molecule has 5 rings (SSSR count). The number of hydrogen-bond donors (Lipinski definition) is 3. The largest absolute Gasteiger partial charge is 0.495 e. The number of likely N-dealkylation sites (N-methyl/N-ethyl adjacent to an activating group) is 1. The summed E-state index contributed by atoms with van der Waals surface area (Å²) in [6, 6.07) is 4.92. The van der Waals surface area contributed by atoms with Gasteiger partial charge in [0, 0.05) is 63.3 Å². The first-order chi connectivity index (χ1) is 18.9. The number of alkyl halides is 1. The monoisotopic (exact) mass is 537 g/mol. The molecule has 0 bridgehead atoms. The van der Waals surface area contributed by atoms with E-state index in [1.54, 1.807) is 19.4 Å². The number of aliphatic imine (C=N–C) groups is 1. The first kappa shape index (κ1) is 27.5. The standard InChI is InChI=1S/C30H44FN7O/c1-23-21-25(34-30(33-14-7-28(32)35-30)29(12-13-31)10-5-4-6-11-29)27(39-3)22-26(23)38-15-8-24(9-16-38)37-19-17-36(2)18-20-37/h4-7,10,14,21-22,24,33-34H,8-9,11-13,15-20H2,1-3H3,(H2,32,35). The third-order valence-electron chi connectivity index (χ3n) is 8.94. The van der Waals surface area contributed by atoms with Crippen LogP contribution in [0.25, 0.3) is 0 Å². The van der Waals surface area contributed by atoms with Gasteiger partial charge in [-0.1, -0.05) is 24.3 Å². The molecule has 8 nitrogen and oxygen atoms in total. The Morgan fingerprint density at radius 2 is 1.92 bits per heavy atom. The Labute approximate surface area is 232 Å². The number of anilines is 2. The minimum atomic E-state index is -1.07. The van der Waals surface area contributed by atoms with Crippen LogP contribution in [0.1, 0.15) is 31.2 Å². The van der Waals surface area contributed by atoms with Gasteiger partial charge in [0.05, 0.1) is 24.9 Å². The fourth-order valence-electron chi connectivity index (χ4n) is 6.56. The number of amidine groups is 1.